The van der Waals surface area contributed by atoms with E-state index in [4.69, 9.17) is 4.74 Å². The number of pyridine rings is 1. The van der Waals surface area contributed by atoms with E-state index in [9.17, 15) is 4.79 Å². The van der Waals surface area contributed by atoms with Crippen LogP contribution in [0.1, 0.15) is 16.8 Å². The number of benzene rings is 2. The molecular formula is C20H19NO2S. The quantitative estimate of drug-likeness (QED) is 0.717. The van der Waals surface area contributed by atoms with E-state index in [1.807, 2.05) is 67.6 Å². The Balaban J connectivity index is 1.77. The van der Waals surface area contributed by atoms with Gasteiger partial charge in [-0.1, -0.05) is 60.3 Å². The normalized spacial score (nSPS) is 10.7. The lowest BCUT2D eigenvalue weighted by Crippen LogP contribution is -2.13. The highest BCUT2D eigenvalue weighted by molar-refractivity contribution is 7.99. The summed E-state index contributed by atoms with van der Waals surface area (Å²) in [6.45, 7) is 2.72. The Kier molecular flexibility index (Phi) is 5.51. The van der Waals surface area contributed by atoms with E-state index >= 15 is 0 Å². The average Bonchev–Trinajstić information content (AvgIpc) is 2.63. The molecule has 3 nitrogen and oxygen atoms in total. The largest absolute Gasteiger partial charge is 0.371 e. The summed E-state index contributed by atoms with van der Waals surface area (Å²) in [6.07, 6.45) is 1.75. The van der Waals surface area contributed by atoms with Crippen molar-refractivity contribution in [2.24, 2.45) is 0 Å². The summed E-state index contributed by atoms with van der Waals surface area (Å²) >= 11 is 1.48. The van der Waals surface area contributed by atoms with Gasteiger partial charge in [-0.2, -0.15) is 0 Å². The molecule has 0 saturated heterocycles. The molecule has 1 N–H and O–H groups in total. The third-order valence-electron chi connectivity index (χ3n) is 3.62. The molecule has 0 spiro atoms. The molecule has 1 heterocycles. The van der Waals surface area contributed by atoms with Crippen molar-refractivity contribution < 1.29 is 4.74 Å². The Morgan fingerprint density at radius 1 is 0.958 bits per heavy atom. The maximum absolute atomic E-state index is 12.5. The van der Waals surface area contributed by atoms with E-state index < -0.39 is 0 Å². The standard InChI is InChI=1S/C20H19NO2S/c1-15-12-21-18(14-23-13-16-8-4-2-5-9-16)20(19(15)22)24-17-10-6-3-7-11-17/h2-12H,13-14H2,1H3,(H,21,22). The van der Waals surface area contributed by atoms with Crippen molar-refractivity contribution in [1.82, 2.24) is 4.98 Å². The average molecular weight is 337 g/mol. The van der Waals surface area contributed by atoms with Gasteiger partial charge in [-0.25, -0.2) is 0 Å². The van der Waals surface area contributed by atoms with Gasteiger partial charge >= 0.3 is 0 Å². The number of aryl methyl sites for hydroxylation is 1. The summed E-state index contributed by atoms with van der Waals surface area (Å²) in [4.78, 5) is 17.5. The first-order chi connectivity index (χ1) is 11.7. The van der Waals surface area contributed by atoms with Gasteiger partial charge in [0.25, 0.3) is 0 Å². The van der Waals surface area contributed by atoms with Crippen LogP contribution in [0.25, 0.3) is 0 Å². The molecule has 3 rings (SSSR count). The van der Waals surface area contributed by atoms with Crippen LogP contribution in [-0.2, 0) is 18.0 Å². The number of hydrogen-bond donors (Lipinski definition) is 1. The third kappa shape index (κ3) is 4.16. The van der Waals surface area contributed by atoms with Crippen LogP contribution >= 0.6 is 11.8 Å². The minimum Gasteiger partial charge on any atom is -0.371 e. The van der Waals surface area contributed by atoms with Crippen LogP contribution in [0.3, 0.4) is 0 Å². The second-order valence-electron chi connectivity index (χ2n) is 5.50. The van der Waals surface area contributed by atoms with Crippen molar-refractivity contribution in [2.75, 3.05) is 0 Å². The molecule has 1 aromatic heterocycles. The van der Waals surface area contributed by atoms with Crippen molar-refractivity contribution in [3.8, 4) is 0 Å². The van der Waals surface area contributed by atoms with Crippen LogP contribution in [-0.4, -0.2) is 4.98 Å². The summed E-state index contributed by atoms with van der Waals surface area (Å²) in [7, 11) is 0. The number of H-pyrrole nitrogens is 1. The Bertz CT molecular complexity index is 845. The summed E-state index contributed by atoms with van der Waals surface area (Å²) in [5.41, 5.74) is 2.70. The van der Waals surface area contributed by atoms with E-state index in [2.05, 4.69) is 4.98 Å². The molecule has 4 heteroatoms. The lowest BCUT2D eigenvalue weighted by molar-refractivity contribution is 0.103. The van der Waals surface area contributed by atoms with Crippen LogP contribution in [0.2, 0.25) is 0 Å². The number of nitrogens with one attached hydrogen (secondary N) is 1. The van der Waals surface area contributed by atoms with Crippen LogP contribution < -0.4 is 5.43 Å². The molecule has 0 radical (unpaired) electrons. The molecule has 0 saturated carbocycles. The molecule has 122 valence electrons. The van der Waals surface area contributed by atoms with Gasteiger partial charge in [0.05, 0.1) is 23.8 Å². The lowest BCUT2D eigenvalue weighted by Gasteiger charge is -2.10. The third-order valence-corrected chi connectivity index (χ3v) is 4.77. The summed E-state index contributed by atoms with van der Waals surface area (Å²) in [5, 5.41) is 0. The highest BCUT2D eigenvalue weighted by Crippen LogP contribution is 2.27. The van der Waals surface area contributed by atoms with Gasteiger partial charge in [-0.15, -0.1) is 0 Å². The van der Waals surface area contributed by atoms with Crippen molar-refractivity contribution in [3.05, 3.63) is 93.9 Å². The second-order valence-corrected chi connectivity index (χ2v) is 6.59. The fourth-order valence-corrected chi connectivity index (χ4v) is 3.33. The van der Waals surface area contributed by atoms with Crippen molar-refractivity contribution in [2.45, 2.75) is 29.9 Å². The summed E-state index contributed by atoms with van der Waals surface area (Å²) in [5.74, 6) is 0. The highest BCUT2D eigenvalue weighted by Gasteiger charge is 2.11. The molecular weight excluding hydrogens is 318 g/mol. The molecule has 0 atom stereocenters. The number of aromatic nitrogens is 1. The molecule has 0 amide bonds. The van der Waals surface area contributed by atoms with Gasteiger partial charge < -0.3 is 9.72 Å². The van der Waals surface area contributed by atoms with Crippen LogP contribution in [0.4, 0.5) is 0 Å². The number of ether oxygens (including phenoxy) is 1. The molecule has 0 aliphatic carbocycles. The summed E-state index contributed by atoms with van der Waals surface area (Å²) < 4.78 is 5.80. The number of rotatable bonds is 6. The topological polar surface area (TPSA) is 42.1 Å². The Labute approximate surface area is 145 Å². The van der Waals surface area contributed by atoms with Crippen molar-refractivity contribution in [3.63, 3.8) is 0 Å². The molecule has 0 bridgehead atoms. The fourth-order valence-electron chi connectivity index (χ4n) is 2.31. The predicted molar refractivity (Wildman–Crippen MR) is 97.3 cm³/mol. The first-order valence-corrected chi connectivity index (χ1v) is 8.61. The minimum absolute atomic E-state index is 0.0564. The van der Waals surface area contributed by atoms with Crippen LogP contribution in [0.15, 0.2) is 81.4 Å². The molecule has 0 unspecified atom stereocenters. The number of aromatic amines is 1. The molecule has 24 heavy (non-hydrogen) atoms. The fraction of sp³-hybridized carbons (Fsp3) is 0.150. The summed E-state index contributed by atoms with van der Waals surface area (Å²) in [6, 6.07) is 19.9. The smallest absolute Gasteiger partial charge is 0.198 e. The van der Waals surface area contributed by atoms with E-state index in [0.717, 1.165) is 16.2 Å². The Hall–Kier alpha value is -2.30. The van der Waals surface area contributed by atoms with Gasteiger partial charge in [-0.05, 0) is 24.6 Å². The van der Waals surface area contributed by atoms with Gasteiger partial charge in [0.15, 0.2) is 5.43 Å². The number of hydrogen-bond acceptors (Lipinski definition) is 3. The Morgan fingerprint density at radius 2 is 1.62 bits per heavy atom. The maximum atomic E-state index is 12.5. The van der Waals surface area contributed by atoms with Gasteiger partial charge in [-0.3, -0.25) is 4.79 Å². The molecule has 2 aromatic carbocycles. The van der Waals surface area contributed by atoms with E-state index in [1.54, 1.807) is 6.20 Å². The van der Waals surface area contributed by atoms with E-state index in [1.165, 1.54) is 11.8 Å². The van der Waals surface area contributed by atoms with Crippen LogP contribution in [0, 0.1) is 6.92 Å². The molecule has 3 aromatic rings. The SMILES string of the molecule is Cc1c[nH]c(COCc2ccccc2)c(Sc2ccccc2)c1=O. The zero-order chi connectivity index (χ0) is 16.8. The van der Waals surface area contributed by atoms with Gasteiger partial charge in [0, 0.05) is 16.7 Å². The maximum Gasteiger partial charge on any atom is 0.198 e. The van der Waals surface area contributed by atoms with E-state index in [0.29, 0.717) is 23.7 Å². The van der Waals surface area contributed by atoms with Gasteiger partial charge in [0.1, 0.15) is 0 Å². The molecule has 0 aliphatic heterocycles. The minimum atomic E-state index is 0.0564. The van der Waals surface area contributed by atoms with Gasteiger partial charge in [0.2, 0.25) is 0 Å². The predicted octanol–water partition coefficient (Wildman–Crippen LogP) is 4.55. The monoisotopic (exact) mass is 337 g/mol. The Morgan fingerprint density at radius 3 is 2.33 bits per heavy atom. The molecule has 0 aliphatic rings. The van der Waals surface area contributed by atoms with Crippen molar-refractivity contribution >= 4 is 11.8 Å². The van der Waals surface area contributed by atoms with Crippen molar-refractivity contribution in [1.29, 1.82) is 0 Å². The zero-order valence-corrected chi connectivity index (χ0v) is 14.3. The molecule has 0 fully saturated rings. The zero-order valence-electron chi connectivity index (χ0n) is 13.5. The van der Waals surface area contributed by atoms with Crippen LogP contribution in [0.5, 0.6) is 0 Å². The van der Waals surface area contributed by atoms with E-state index in [-0.39, 0.29) is 5.43 Å². The second kappa shape index (κ2) is 7.99. The first-order valence-electron chi connectivity index (χ1n) is 7.80. The first kappa shape index (κ1) is 16.6. The lowest BCUT2D eigenvalue weighted by atomic mass is 10.2. The highest BCUT2D eigenvalue weighted by atomic mass is 32.2.